The Morgan fingerprint density at radius 2 is 2.00 bits per heavy atom. The van der Waals surface area contributed by atoms with Crippen molar-refractivity contribution in [2.45, 2.75) is 31.7 Å². The Bertz CT molecular complexity index is 954. The summed E-state index contributed by atoms with van der Waals surface area (Å²) < 4.78 is 13.2. The molecular weight excluding hydrogens is 383 g/mol. The van der Waals surface area contributed by atoms with Crippen molar-refractivity contribution >= 4 is 17.5 Å². The molecule has 2 amide bonds. The van der Waals surface area contributed by atoms with Gasteiger partial charge >= 0.3 is 6.03 Å². The Balaban J connectivity index is 1.60. The van der Waals surface area contributed by atoms with Crippen LogP contribution in [0.4, 0.5) is 14.9 Å². The molecule has 2 atom stereocenters. The Morgan fingerprint density at radius 1 is 1.27 bits per heavy atom. The van der Waals surface area contributed by atoms with Crippen LogP contribution < -0.4 is 10.6 Å². The third kappa shape index (κ3) is 5.22. The zero-order chi connectivity index (χ0) is 21.7. The molecule has 7 heteroatoms. The second kappa shape index (κ2) is 9.51. The number of hydrogen-bond acceptors (Lipinski definition) is 4. The minimum atomic E-state index is -0.735. The van der Waals surface area contributed by atoms with E-state index in [0.29, 0.717) is 17.2 Å². The summed E-state index contributed by atoms with van der Waals surface area (Å²) in [6.07, 6.45) is 1.76. The van der Waals surface area contributed by atoms with E-state index in [4.69, 9.17) is 11.0 Å². The fourth-order valence-corrected chi connectivity index (χ4v) is 3.99. The molecule has 2 unspecified atom stereocenters. The maximum Gasteiger partial charge on any atom is 0.319 e. The second-order valence-electron chi connectivity index (χ2n) is 7.72. The smallest absolute Gasteiger partial charge is 0.319 e. The molecule has 0 bridgehead atoms. The predicted molar refractivity (Wildman–Crippen MR) is 113 cm³/mol. The quantitative estimate of drug-likeness (QED) is 0.793. The fourth-order valence-electron chi connectivity index (χ4n) is 3.99. The number of nitriles is 1. The van der Waals surface area contributed by atoms with Crippen molar-refractivity contribution in [1.29, 1.82) is 5.26 Å². The summed E-state index contributed by atoms with van der Waals surface area (Å²) in [6, 6.07) is 14.5. The van der Waals surface area contributed by atoms with Crippen LogP contribution in [-0.2, 0) is 4.79 Å². The minimum absolute atomic E-state index is 0.122. The number of benzene rings is 2. The van der Waals surface area contributed by atoms with Crippen molar-refractivity contribution in [2.75, 3.05) is 24.5 Å². The first-order valence-electron chi connectivity index (χ1n) is 9.95. The third-order valence-corrected chi connectivity index (χ3v) is 5.62. The Hall–Kier alpha value is -3.24. The van der Waals surface area contributed by atoms with Crippen LogP contribution in [0.2, 0.25) is 0 Å². The molecule has 0 radical (unpaired) electrons. The number of nitrogens with zero attached hydrogens (tertiary/aromatic N) is 3. The zero-order valence-corrected chi connectivity index (χ0v) is 16.9. The number of nitrogens with two attached hydrogens (primary N) is 1. The number of rotatable bonds is 6. The monoisotopic (exact) mass is 408 g/mol. The van der Waals surface area contributed by atoms with Crippen LogP contribution >= 0.6 is 0 Å². The lowest BCUT2D eigenvalue weighted by Gasteiger charge is -2.37. The molecular formula is C23H25FN4O2. The van der Waals surface area contributed by atoms with Gasteiger partial charge in [0, 0.05) is 11.7 Å². The lowest BCUT2D eigenvalue weighted by molar-refractivity contribution is -0.119. The molecule has 0 spiro atoms. The van der Waals surface area contributed by atoms with Crippen molar-refractivity contribution in [3.63, 3.8) is 0 Å². The highest BCUT2D eigenvalue weighted by atomic mass is 19.1. The van der Waals surface area contributed by atoms with Gasteiger partial charge in [0.15, 0.2) is 5.78 Å². The number of Topliss-reactive ketones (excluding diaryl/α,β-unsaturated/α-hetero) is 1. The number of amides is 2. The van der Waals surface area contributed by atoms with E-state index in [1.54, 1.807) is 18.2 Å². The molecule has 1 saturated heterocycles. The lowest BCUT2D eigenvalue weighted by Crippen LogP contribution is -2.47. The van der Waals surface area contributed by atoms with E-state index in [-0.39, 0.29) is 30.7 Å². The highest BCUT2D eigenvalue weighted by molar-refractivity contribution is 5.98. The Labute approximate surface area is 175 Å². The van der Waals surface area contributed by atoms with E-state index in [2.05, 4.69) is 11.8 Å². The molecule has 1 fully saturated rings. The molecule has 2 N–H and O–H groups in total. The number of carbonyl (C=O) groups excluding carboxylic acids is 2. The SMILES string of the molecule is CC1CC(c2ccc(F)cc2)CCN1CC(=O)CN(C(N)=O)c1cccc(C#N)c1. The van der Waals surface area contributed by atoms with Crippen LogP contribution in [0.1, 0.15) is 36.8 Å². The molecule has 2 aromatic rings. The first-order valence-corrected chi connectivity index (χ1v) is 9.95. The molecule has 30 heavy (non-hydrogen) atoms. The van der Waals surface area contributed by atoms with Crippen molar-refractivity contribution in [1.82, 2.24) is 4.90 Å². The van der Waals surface area contributed by atoms with Gasteiger partial charge in [-0.05, 0) is 68.1 Å². The van der Waals surface area contributed by atoms with Crippen LogP contribution in [0, 0.1) is 17.1 Å². The van der Waals surface area contributed by atoms with Crippen LogP contribution in [0.25, 0.3) is 0 Å². The number of urea groups is 1. The van der Waals surface area contributed by atoms with Gasteiger partial charge in [0.1, 0.15) is 5.82 Å². The van der Waals surface area contributed by atoms with Gasteiger partial charge in [0.25, 0.3) is 0 Å². The number of hydrogen-bond donors (Lipinski definition) is 1. The number of likely N-dealkylation sites (tertiary alicyclic amines) is 1. The van der Waals surface area contributed by atoms with E-state index in [9.17, 15) is 14.0 Å². The van der Waals surface area contributed by atoms with Crippen LogP contribution in [0.15, 0.2) is 48.5 Å². The number of carbonyl (C=O) groups is 2. The highest BCUT2D eigenvalue weighted by Gasteiger charge is 2.28. The van der Waals surface area contributed by atoms with E-state index in [1.165, 1.54) is 23.1 Å². The van der Waals surface area contributed by atoms with Gasteiger partial charge < -0.3 is 5.73 Å². The van der Waals surface area contributed by atoms with Gasteiger partial charge in [-0.3, -0.25) is 14.6 Å². The molecule has 156 valence electrons. The maximum atomic E-state index is 13.2. The van der Waals surface area contributed by atoms with Gasteiger partial charge in [-0.15, -0.1) is 0 Å². The lowest BCUT2D eigenvalue weighted by atomic mass is 9.86. The molecule has 1 aliphatic rings. The number of ketones is 1. The van der Waals surface area contributed by atoms with Gasteiger partial charge in [-0.1, -0.05) is 18.2 Å². The summed E-state index contributed by atoms with van der Waals surface area (Å²) in [4.78, 5) is 27.9. The minimum Gasteiger partial charge on any atom is -0.351 e. The standard InChI is InChI=1S/C23H25FN4O2/c1-16-11-19(18-5-7-20(24)8-6-18)9-10-27(16)14-22(29)15-28(23(26)30)21-4-2-3-17(12-21)13-25/h2-8,12,16,19H,9-11,14-15H2,1H3,(H2,26,30). The van der Waals surface area contributed by atoms with E-state index in [1.807, 2.05) is 18.2 Å². The first-order chi connectivity index (χ1) is 14.4. The molecule has 0 aromatic heterocycles. The van der Waals surface area contributed by atoms with Crippen molar-refractivity contribution < 1.29 is 14.0 Å². The predicted octanol–water partition coefficient (Wildman–Crippen LogP) is 3.42. The number of piperidine rings is 1. The van der Waals surface area contributed by atoms with Crippen LogP contribution in [0.5, 0.6) is 0 Å². The zero-order valence-electron chi connectivity index (χ0n) is 16.9. The number of anilines is 1. The molecule has 1 heterocycles. The van der Waals surface area contributed by atoms with Gasteiger partial charge in [0.05, 0.1) is 24.7 Å². The molecule has 0 aliphatic carbocycles. The Kier molecular flexibility index (Phi) is 6.80. The molecule has 3 rings (SSSR count). The Morgan fingerprint density at radius 3 is 2.63 bits per heavy atom. The third-order valence-electron chi connectivity index (χ3n) is 5.62. The molecule has 2 aromatic carbocycles. The number of halogens is 1. The summed E-state index contributed by atoms with van der Waals surface area (Å²) in [5.41, 5.74) is 7.41. The summed E-state index contributed by atoms with van der Waals surface area (Å²) in [6.45, 7) is 2.90. The summed E-state index contributed by atoms with van der Waals surface area (Å²) in [5.74, 6) is -0.0276. The summed E-state index contributed by atoms with van der Waals surface area (Å²) in [5, 5.41) is 9.05. The normalized spacial score (nSPS) is 19.1. The van der Waals surface area contributed by atoms with Crippen molar-refractivity contribution in [2.24, 2.45) is 5.73 Å². The van der Waals surface area contributed by atoms with E-state index >= 15 is 0 Å². The van der Waals surface area contributed by atoms with E-state index < -0.39 is 6.03 Å². The topological polar surface area (TPSA) is 90.4 Å². The van der Waals surface area contributed by atoms with Gasteiger partial charge in [-0.2, -0.15) is 5.26 Å². The summed E-state index contributed by atoms with van der Waals surface area (Å²) >= 11 is 0. The van der Waals surface area contributed by atoms with Gasteiger partial charge in [-0.25, -0.2) is 9.18 Å². The van der Waals surface area contributed by atoms with Gasteiger partial charge in [0.2, 0.25) is 0 Å². The van der Waals surface area contributed by atoms with Crippen LogP contribution in [0.3, 0.4) is 0 Å². The largest absolute Gasteiger partial charge is 0.351 e. The fraction of sp³-hybridized carbons (Fsp3) is 0.348. The van der Waals surface area contributed by atoms with E-state index in [0.717, 1.165) is 24.9 Å². The van der Waals surface area contributed by atoms with Crippen LogP contribution in [-0.4, -0.2) is 42.4 Å². The second-order valence-corrected chi connectivity index (χ2v) is 7.72. The highest BCUT2D eigenvalue weighted by Crippen LogP contribution is 2.31. The first kappa shape index (κ1) is 21.5. The molecule has 1 aliphatic heterocycles. The molecule has 6 nitrogen and oxygen atoms in total. The van der Waals surface area contributed by atoms with Crippen molar-refractivity contribution in [3.05, 3.63) is 65.5 Å². The number of primary amides is 1. The summed E-state index contributed by atoms with van der Waals surface area (Å²) in [7, 11) is 0. The molecule has 0 saturated carbocycles. The average Bonchev–Trinajstić information content (AvgIpc) is 2.74. The van der Waals surface area contributed by atoms with Crippen molar-refractivity contribution in [3.8, 4) is 6.07 Å². The average molecular weight is 408 g/mol. The maximum absolute atomic E-state index is 13.2.